The maximum atomic E-state index is 13.0. The summed E-state index contributed by atoms with van der Waals surface area (Å²) < 4.78 is 0. The van der Waals surface area contributed by atoms with Crippen molar-refractivity contribution in [2.75, 3.05) is 13.1 Å². The quantitative estimate of drug-likeness (QED) is 0.696. The standard InChI is InChI=1S/C16H25NO/c18-15(17-5-1-2-6-17)16-4-3-12-7-13(10-16)9-14(8-12)11-16/h12-14H,1-11H2/t12?,13-,14-,16?/m0/s1. The molecule has 2 nitrogen and oxygen atoms in total. The molecule has 1 aliphatic heterocycles. The first kappa shape index (κ1) is 11.3. The Morgan fingerprint density at radius 2 is 1.56 bits per heavy atom. The molecule has 5 fully saturated rings. The maximum absolute atomic E-state index is 13.0. The van der Waals surface area contributed by atoms with Gasteiger partial charge in [-0.05, 0) is 75.5 Å². The fraction of sp³-hybridized carbons (Fsp3) is 0.938. The number of carbonyl (C=O) groups excluding carboxylic acids is 1. The van der Waals surface area contributed by atoms with Gasteiger partial charge in [0, 0.05) is 18.5 Å². The number of carbonyl (C=O) groups is 1. The van der Waals surface area contributed by atoms with Gasteiger partial charge in [0.05, 0.1) is 0 Å². The zero-order chi connectivity index (χ0) is 12.2. The van der Waals surface area contributed by atoms with E-state index in [1.807, 2.05) is 0 Å². The van der Waals surface area contributed by atoms with E-state index in [0.717, 1.165) is 30.8 Å². The average Bonchev–Trinajstić information content (AvgIpc) is 2.81. The Morgan fingerprint density at radius 1 is 0.944 bits per heavy atom. The maximum Gasteiger partial charge on any atom is 0.228 e. The number of amides is 1. The van der Waals surface area contributed by atoms with Gasteiger partial charge in [0.25, 0.3) is 0 Å². The first-order valence-electron chi connectivity index (χ1n) is 8.05. The fourth-order valence-electron chi connectivity index (χ4n) is 5.68. The van der Waals surface area contributed by atoms with Crippen molar-refractivity contribution in [2.45, 2.75) is 57.8 Å². The summed E-state index contributed by atoms with van der Waals surface area (Å²) >= 11 is 0. The topological polar surface area (TPSA) is 20.3 Å². The van der Waals surface area contributed by atoms with Crippen LogP contribution in [0, 0.1) is 23.2 Å². The predicted octanol–water partition coefficient (Wildman–Crippen LogP) is 3.22. The molecule has 18 heavy (non-hydrogen) atoms. The molecule has 0 aromatic heterocycles. The van der Waals surface area contributed by atoms with Crippen LogP contribution in [-0.2, 0) is 4.79 Å². The lowest BCUT2D eigenvalue weighted by Crippen LogP contribution is -2.46. The smallest absolute Gasteiger partial charge is 0.228 e. The van der Waals surface area contributed by atoms with E-state index in [4.69, 9.17) is 0 Å². The molecule has 0 unspecified atom stereocenters. The first-order chi connectivity index (χ1) is 8.75. The van der Waals surface area contributed by atoms with Crippen molar-refractivity contribution in [3.8, 4) is 0 Å². The second kappa shape index (κ2) is 3.98. The highest BCUT2D eigenvalue weighted by atomic mass is 16.2. The van der Waals surface area contributed by atoms with E-state index in [1.54, 1.807) is 0 Å². The van der Waals surface area contributed by atoms with Gasteiger partial charge in [0.15, 0.2) is 0 Å². The Hall–Kier alpha value is -0.530. The highest BCUT2D eigenvalue weighted by Crippen LogP contribution is 2.57. The third kappa shape index (κ3) is 1.64. The number of rotatable bonds is 1. The highest BCUT2D eigenvalue weighted by molar-refractivity contribution is 5.83. The van der Waals surface area contributed by atoms with Gasteiger partial charge in [0.1, 0.15) is 0 Å². The third-order valence-corrected chi connectivity index (χ3v) is 6.24. The molecule has 0 aromatic carbocycles. The van der Waals surface area contributed by atoms with E-state index in [-0.39, 0.29) is 5.41 Å². The normalized spacial score (nSPS) is 46.4. The number of likely N-dealkylation sites (tertiary alicyclic amines) is 1. The van der Waals surface area contributed by atoms with Gasteiger partial charge in [0.2, 0.25) is 5.91 Å². The van der Waals surface area contributed by atoms with Crippen LogP contribution in [0.4, 0.5) is 0 Å². The number of hydrogen-bond donors (Lipinski definition) is 0. The molecule has 100 valence electrons. The van der Waals surface area contributed by atoms with Crippen molar-refractivity contribution in [3.63, 3.8) is 0 Å². The van der Waals surface area contributed by atoms with E-state index in [1.165, 1.54) is 57.8 Å². The van der Waals surface area contributed by atoms with Crippen molar-refractivity contribution in [1.82, 2.24) is 4.90 Å². The van der Waals surface area contributed by atoms with Crippen molar-refractivity contribution in [3.05, 3.63) is 0 Å². The number of nitrogens with zero attached hydrogens (tertiary/aromatic N) is 1. The lowest BCUT2D eigenvalue weighted by molar-refractivity contribution is -0.145. The van der Waals surface area contributed by atoms with Gasteiger partial charge in [-0.1, -0.05) is 0 Å². The molecule has 5 aliphatic rings. The highest BCUT2D eigenvalue weighted by Gasteiger charge is 2.52. The Bertz CT molecular complexity index is 344. The summed E-state index contributed by atoms with van der Waals surface area (Å²) in [5.74, 6) is 3.29. The van der Waals surface area contributed by atoms with E-state index >= 15 is 0 Å². The van der Waals surface area contributed by atoms with Crippen LogP contribution < -0.4 is 0 Å². The van der Waals surface area contributed by atoms with Crippen molar-refractivity contribution >= 4 is 5.91 Å². The molecule has 1 saturated heterocycles. The monoisotopic (exact) mass is 247 g/mol. The van der Waals surface area contributed by atoms with Crippen molar-refractivity contribution in [2.24, 2.45) is 23.2 Å². The zero-order valence-electron chi connectivity index (χ0n) is 11.4. The molecular formula is C16H25NO. The van der Waals surface area contributed by atoms with Crippen LogP contribution in [0.15, 0.2) is 0 Å². The minimum absolute atomic E-state index is 0.0865. The van der Waals surface area contributed by atoms with Crippen LogP contribution in [0.25, 0.3) is 0 Å². The Kier molecular flexibility index (Phi) is 2.50. The molecule has 4 aliphatic carbocycles. The molecule has 2 heteroatoms. The summed E-state index contributed by atoms with van der Waals surface area (Å²) in [6.07, 6.45) is 11.8. The van der Waals surface area contributed by atoms with Crippen LogP contribution in [0.5, 0.6) is 0 Å². The summed E-state index contributed by atoms with van der Waals surface area (Å²) in [6, 6.07) is 0. The minimum Gasteiger partial charge on any atom is -0.342 e. The van der Waals surface area contributed by atoms with Crippen LogP contribution in [0.2, 0.25) is 0 Å². The van der Waals surface area contributed by atoms with E-state index in [9.17, 15) is 4.79 Å². The molecule has 5 rings (SSSR count). The lowest BCUT2D eigenvalue weighted by Gasteiger charge is -2.45. The SMILES string of the molecule is O=C(N1CCCC1)C12CCC3C[C@@H](C[C@H](C3)C1)C2. The number of hydrogen-bond acceptors (Lipinski definition) is 1. The summed E-state index contributed by atoms with van der Waals surface area (Å²) in [5, 5.41) is 0. The predicted molar refractivity (Wildman–Crippen MR) is 71.0 cm³/mol. The van der Waals surface area contributed by atoms with E-state index < -0.39 is 0 Å². The first-order valence-corrected chi connectivity index (χ1v) is 8.05. The Labute approximate surface area is 110 Å². The minimum atomic E-state index is 0.0865. The van der Waals surface area contributed by atoms with Crippen LogP contribution in [0.3, 0.4) is 0 Å². The number of fused-ring (bicyclic) bond motifs is 1. The van der Waals surface area contributed by atoms with Crippen molar-refractivity contribution < 1.29 is 4.79 Å². The largest absolute Gasteiger partial charge is 0.342 e. The summed E-state index contributed by atoms with van der Waals surface area (Å²) in [4.78, 5) is 15.2. The molecular weight excluding hydrogens is 222 g/mol. The second-order valence-electron chi connectivity index (χ2n) is 7.53. The van der Waals surface area contributed by atoms with Gasteiger partial charge in [-0.2, -0.15) is 0 Å². The van der Waals surface area contributed by atoms with E-state index in [2.05, 4.69) is 4.90 Å². The van der Waals surface area contributed by atoms with Gasteiger partial charge >= 0.3 is 0 Å². The molecule has 0 N–H and O–H groups in total. The third-order valence-electron chi connectivity index (χ3n) is 6.24. The summed E-state index contributed by atoms with van der Waals surface area (Å²) in [6.45, 7) is 2.08. The molecule has 2 atom stereocenters. The van der Waals surface area contributed by atoms with Gasteiger partial charge in [-0.25, -0.2) is 0 Å². The van der Waals surface area contributed by atoms with Crippen molar-refractivity contribution in [1.29, 1.82) is 0 Å². The van der Waals surface area contributed by atoms with E-state index in [0.29, 0.717) is 5.91 Å². The average molecular weight is 247 g/mol. The Balaban J connectivity index is 1.63. The van der Waals surface area contributed by atoms with Gasteiger partial charge in [-0.3, -0.25) is 4.79 Å². The molecule has 4 bridgehead atoms. The molecule has 4 saturated carbocycles. The van der Waals surface area contributed by atoms with Gasteiger partial charge in [-0.15, -0.1) is 0 Å². The van der Waals surface area contributed by atoms with Crippen LogP contribution in [0.1, 0.15) is 57.8 Å². The molecule has 0 aromatic rings. The molecule has 1 heterocycles. The second-order valence-corrected chi connectivity index (χ2v) is 7.53. The summed E-state index contributed by atoms with van der Waals surface area (Å²) in [5.41, 5.74) is 0.0865. The lowest BCUT2D eigenvalue weighted by atomic mass is 9.61. The Morgan fingerprint density at radius 3 is 2.22 bits per heavy atom. The van der Waals surface area contributed by atoms with Gasteiger partial charge < -0.3 is 4.90 Å². The molecule has 0 spiro atoms. The summed E-state index contributed by atoms with van der Waals surface area (Å²) in [7, 11) is 0. The zero-order valence-corrected chi connectivity index (χ0v) is 11.4. The molecule has 0 radical (unpaired) electrons. The van der Waals surface area contributed by atoms with Crippen LogP contribution in [-0.4, -0.2) is 23.9 Å². The fourth-order valence-corrected chi connectivity index (χ4v) is 5.68. The molecule has 1 amide bonds. The van der Waals surface area contributed by atoms with Crippen LogP contribution >= 0.6 is 0 Å².